The lowest BCUT2D eigenvalue weighted by Crippen LogP contribution is -2.31. The Morgan fingerprint density at radius 1 is 1.27 bits per heavy atom. The Hall–Kier alpha value is -2.03. The molecular weight excluding hydrogens is 432 g/mol. The van der Waals surface area contributed by atoms with Crippen LogP contribution < -0.4 is 11.1 Å². The SMILES string of the molecule is COC(C(=O)NCc1ccc(C(=N)N)cc1)c1c(F)cc(Br)cc1F.Cl. The second kappa shape index (κ2) is 9.61. The Balaban J connectivity index is 0.00000338. The zero-order valence-electron chi connectivity index (χ0n) is 13.7. The van der Waals surface area contributed by atoms with E-state index in [1.165, 1.54) is 7.11 Å². The maximum atomic E-state index is 14.0. The first-order chi connectivity index (χ1) is 11.8. The fourth-order valence-corrected chi connectivity index (χ4v) is 2.65. The predicted octanol–water partition coefficient (Wildman–Crippen LogP) is 3.44. The number of carbonyl (C=O) groups is 1. The number of hydrogen-bond donors (Lipinski definition) is 3. The molecule has 0 fully saturated rings. The van der Waals surface area contributed by atoms with Crippen LogP contribution >= 0.6 is 28.3 Å². The van der Waals surface area contributed by atoms with Gasteiger partial charge in [-0.3, -0.25) is 10.2 Å². The van der Waals surface area contributed by atoms with E-state index in [4.69, 9.17) is 15.9 Å². The lowest BCUT2D eigenvalue weighted by molar-refractivity contribution is -0.131. The molecule has 0 saturated carbocycles. The van der Waals surface area contributed by atoms with E-state index < -0.39 is 29.2 Å². The summed E-state index contributed by atoms with van der Waals surface area (Å²) in [6, 6.07) is 8.81. The van der Waals surface area contributed by atoms with Gasteiger partial charge in [0.1, 0.15) is 17.5 Å². The van der Waals surface area contributed by atoms with Crippen molar-refractivity contribution in [1.29, 1.82) is 5.41 Å². The quantitative estimate of drug-likeness (QED) is 0.467. The molecule has 0 aliphatic rings. The Bertz CT molecular complexity index is 780. The van der Waals surface area contributed by atoms with Crippen LogP contribution in [-0.2, 0) is 16.1 Å². The van der Waals surface area contributed by atoms with Crippen molar-refractivity contribution in [2.45, 2.75) is 12.6 Å². The average molecular weight is 449 g/mol. The Kier molecular flexibility index (Phi) is 8.13. The molecule has 0 aliphatic carbocycles. The van der Waals surface area contributed by atoms with E-state index in [2.05, 4.69) is 21.2 Å². The van der Waals surface area contributed by atoms with Crippen LogP contribution in [0.2, 0.25) is 0 Å². The molecule has 2 aromatic carbocycles. The summed E-state index contributed by atoms with van der Waals surface area (Å²) in [5.74, 6) is -2.48. The largest absolute Gasteiger partial charge is 0.384 e. The molecule has 0 aliphatic heterocycles. The fourth-order valence-electron chi connectivity index (χ4n) is 2.24. The zero-order chi connectivity index (χ0) is 18.6. The number of nitrogens with one attached hydrogen (secondary N) is 2. The molecule has 140 valence electrons. The van der Waals surface area contributed by atoms with Gasteiger partial charge in [-0.25, -0.2) is 8.78 Å². The van der Waals surface area contributed by atoms with E-state index in [0.717, 1.165) is 17.7 Å². The van der Waals surface area contributed by atoms with Gasteiger partial charge in [0.15, 0.2) is 6.10 Å². The molecule has 26 heavy (non-hydrogen) atoms. The molecular formula is C17H17BrClF2N3O2. The van der Waals surface area contributed by atoms with E-state index in [1.807, 2.05) is 0 Å². The number of amidine groups is 1. The minimum Gasteiger partial charge on any atom is -0.384 e. The van der Waals surface area contributed by atoms with Crippen molar-refractivity contribution in [2.24, 2.45) is 5.73 Å². The van der Waals surface area contributed by atoms with E-state index in [0.29, 0.717) is 5.56 Å². The molecule has 2 rings (SSSR count). The number of amides is 1. The zero-order valence-corrected chi connectivity index (χ0v) is 16.1. The third-order valence-corrected chi connectivity index (χ3v) is 3.97. The lowest BCUT2D eigenvalue weighted by Gasteiger charge is -2.17. The van der Waals surface area contributed by atoms with Gasteiger partial charge in [0, 0.05) is 23.7 Å². The number of benzene rings is 2. The van der Waals surface area contributed by atoms with Gasteiger partial charge >= 0.3 is 0 Å². The van der Waals surface area contributed by atoms with E-state index >= 15 is 0 Å². The Labute approximate surface area is 164 Å². The number of nitrogen functional groups attached to an aromatic ring is 1. The van der Waals surface area contributed by atoms with E-state index in [9.17, 15) is 13.6 Å². The highest BCUT2D eigenvalue weighted by atomic mass is 79.9. The summed E-state index contributed by atoms with van der Waals surface area (Å²) in [4.78, 5) is 12.3. The van der Waals surface area contributed by atoms with Gasteiger partial charge in [-0.2, -0.15) is 0 Å². The summed E-state index contributed by atoms with van der Waals surface area (Å²) in [6.07, 6.45) is -1.41. The smallest absolute Gasteiger partial charge is 0.254 e. The van der Waals surface area contributed by atoms with E-state index in [-0.39, 0.29) is 29.3 Å². The highest BCUT2D eigenvalue weighted by Crippen LogP contribution is 2.27. The van der Waals surface area contributed by atoms with Crippen LogP contribution in [0.5, 0.6) is 0 Å². The van der Waals surface area contributed by atoms with Crippen molar-refractivity contribution in [3.8, 4) is 0 Å². The van der Waals surface area contributed by atoms with Gasteiger partial charge in [-0.1, -0.05) is 40.2 Å². The number of methoxy groups -OCH3 is 1. The molecule has 1 atom stereocenters. The van der Waals surface area contributed by atoms with Crippen molar-refractivity contribution in [3.63, 3.8) is 0 Å². The average Bonchev–Trinajstić information content (AvgIpc) is 2.56. The third-order valence-electron chi connectivity index (χ3n) is 3.51. The summed E-state index contributed by atoms with van der Waals surface area (Å²) in [5.41, 5.74) is 6.22. The first-order valence-electron chi connectivity index (χ1n) is 7.21. The Morgan fingerprint density at radius 3 is 2.27 bits per heavy atom. The Morgan fingerprint density at radius 2 is 1.81 bits per heavy atom. The monoisotopic (exact) mass is 447 g/mol. The van der Waals surface area contributed by atoms with Crippen molar-refractivity contribution < 1.29 is 18.3 Å². The van der Waals surface area contributed by atoms with Gasteiger partial charge in [0.05, 0.1) is 5.56 Å². The highest BCUT2D eigenvalue weighted by molar-refractivity contribution is 9.10. The summed E-state index contributed by atoms with van der Waals surface area (Å²) in [7, 11) is 1.20. The van der Waals surface area contributed by atoms with Crippen LogP contribution in [0.4, 0.5) is 8.78 Å². The minimum absolute atomic E-state index is 0. The molecule has 0 spiro atoms. The van der Waals surface area contributed by atoms with Crippen LogP contribution in [0.15, 0.2) is 40.9 Å². The molecule has 9 heteroatoms. The maximum Gasteiger partial charge on any atom is 0.254 e. The fraction of sp³-hybridized carbons (Fsp3) is 0.176. The third kappa shape index (κ3) is 5.23. The highest BCUT2D eigenvalue weighted by Gasteiger charge is 2.27. The molecule has 4 N–H and O–H groups in total. The molecule has 1 amide bonds. The molecule has 1 unspecified atom stereocenters. The summed E-state index contributed by atoms with van der Waals surface area (Å²) >= 11 is 2.99. The number of rotatable bonds is 6. The first-order valence-corrected chi connectivity index (χ1v) is 8.01. The van der Waals surface area contributed by atoms with Crippen molar-refractivity contribution in [1.82, 2.24) is 5.32 Å². The molecule has 0 radical (unpaired) electrons. The summed E-state index contributed by atoms with van der Waals surface area (Å²) < 4.78 is 33.3. The number of nitrogens with two attached hydrogens (primary N) is 1. The van der Waals surface area contributed by atoms with Crippen LogP contribution in [-0.4, -0.2) is 18.9 Å². The molecule has 5 nitrogen and oxygen atoms in total. The second-order valence-corrected chi connectivity index (χ2v) is 6.14. The molecule has 0 aromatic heterocycles. The topological polar surface area (TPSA) is 88.2 Å². The molecule has 0 saturated heterocycles. The van der Waals surface area contributed by atoms with Gasteiger partial charge in [-0.05, 0) is 17.7 Å². The summed E-state index contributed by atoms with van der Waals surface area (Å²) in [5, 5.41) is 9.90. The van der Waals surface area contributed by atoms with Crippen LogP contribution in [0.3, 0.4) is 0 Å². The van der Waals surface area contributed by atoms with Crippen LogP contribution in [0, 0.1) is 17.0 Å². The van der Waals surface area contributed by atoms with Crippen molar-refractivity contribution >= 4 is 40.1 Å². The number of carbonyl (C=O) groups excluding carboxylic acids is 1. The van der Waals surface area contributed by atoms with Crippen molar-refractivity contribution in [2.75, 3.05) is 7.11 Å². The van der Waals surface area contributed by atoms with Gasteiger partial charge in [0.2, 0.25) is 0 Å². The molecule has 0 heterocycles. The number of ether oxygens (including phenoxy) is 1. The maximum absolute atomic E-state index is 14.0. The normalized spacial score (nSPS) is 11.4. The van der Waals surface area contributed by atoms with E-state index in [1.54, 1.807) is 24.3 Å². The first kappa shape index (κ1) is 22.0. The molecule has 2 aromatic rings. The van der Waals surface area contributed by atoms with Crippen molar-refractivity contribution in [3.05, 3.63) is 69.2 Å². The standard InChI is InChI=1S/C17H16BrF2N3O2.ClH/c1-25-15(14-12(19)6-11(18)7-13(14)20)17(24)23-8-9-2-4-10(5-3-9)16(21)22;/h2-7,15H,8H2,1H3,(H3,21,22)(H,23,24);1H. The molecule has 0 bridgehead atoms. The van der Waals surface area contributed by atoms with Gasteiger partial charge < -0.3 is 15.8 Å². The number of halogens is 4. The van der Waals surface area contributed by atoms with Gasteiger partial charge in [-0.15, -0.1) is 12.4 Å². The lowest BCUT2D eigenvalue weighted by atomic mass is 10.1. The minimum atomic E-state index is -1.41. The van der Waals surface area contributed by atoms with Gasteiger partial charge in [0.25, 0.3) is 5.91 Å². The number of hydrogen-bond acceptors (Lipinski definition) is 3. The van der Waals surface area contributed by atoms with Crippen LogP contribution in [0.1, 0.15) is 22.8 Å². The summed E-state index contributed by atoms with van der Waals surface area (Å²) in [6.45, 7) is 0.136. The second-order valence-electron chi connectivity index (χ2n) is 5.23. The predicted molar refractivity (Wildman–Crippen MR) is 100 cm³/mol. The van der Waals surface area contributed by atoms with Crippen LogP contribution in [0.25, 0.3) is 0 Å².